The molecule has 0 unspecified atom stereocenters. The van der Waals surface area contributed by atoms with Gasteiger partial charge < -0.3 is 9.80 Å². The van der Waals surface area contributed by atoms with Crippen LogP contribution in [0.15, 0.2) is 48.5 Å². The van der Waals surface area contributed by atoms with Crippen LogP contribution in [-0.4, -0.2) is 53.5 Å². The Kier molecular flexibility index (Phi) is 7.34. The minimum Gasteiger partial charge on any atom is -0.340 e. The zero-order chi connectivity index (χ0) is 19.9. The number of benzene rings is 2. The highest BCUT2D eigenvalue weighted by Crippen LogP contribution is 2.17. The summed E-state index contributed by atoms with van der Waals surface area (Å²) >= 11 is 7.44. The Morgan fingerprint density at radius 2 is 1.64 bits per heavy atom. The first-order chi connectivity index (χ1) is 13.5. The fraction of sp³-hybridized carbons (Fsp3) is 0.333. The van der Waals surface area contributed by atoms with Crippen molar-refractivity contribution in [1.29, 1.82) is 0 Å². The quantitative estimate of drug-likeness (QED) is 0.731. The topological polar surface area (TPSA) is 40.6 Å². The number of hydrogen-bond donors (Lipinski definition) is 0. The molecule has 3 rings (SSSR count). The van der Waals surface area contributed by atoms with Crippen molar-refractivity contribution < 1.29 is 14.0 Å². The number of hydrogen-bond acceptors (Lipinski definition) is 3. The molecule has 0 atom stereocenters. The van der Waals surface area contributed by atoms with E-state index in [1.165, 1.54) is 12.1 Å². The summed E-state index contributed by atoms with van der Waals surface area (Å²) in [4.78, 5) is 28.5. The zero-order valence-corrected chi connectivity index (χ0v) is 17.0. The number of rotatable bonds is 5. The smallest absolute Gasteiger partial charge is 0.256 e. The Bertz CT molecular complexity index is 831. The maximum Gasteiger partial charge on any atom is 0.256 e. The van der Waals surface area contributed by atoms with E-state index in [-0.39, 0.29) is 17.4 Å². The van der Waals surface area contributed by atoms with Gasteiger partial charge in [0, 0.05) is 37.0 Å². The molecular weight excluding hydrogens is 399 g/mol. The van der Waals surface area contributed by atoms with Gasteiger partial charge in [0.05, 0.1) is 11.3 Å². The SMILES string of the molecule is O=C(CSCc1ccc(Cl)cc1)N1CCCN(C(=O)c2ccccc2F)CC1. The van der Waals surface area contributed by atoms with Gasteiger partial charge in [0.2, 0.25) is 5.91 Å². The molecule has 0 N–H and O–H groups in total. The van der Waals surface area contributed by atoms with Crippen molar-refractivity contribution >= 4 is 35.2 Å². The first kappa shape index (κ1) is 20.7. The van der Waals surface area contributed by atoms with E-state index >= 15 is 0 Å². The van der Waals surface area contributed by atoms with E-state index < -0.39 is 5.82 Å². The van der Waals surface area contributed by atoms with Gasteiger partial charge in [-0.1, -0.05) is 35.9 Å². The fourth-order valence-corrected chi connectivity index (χ4v) is 4.12. The van der Waals surface area contributed by atoms with Gasteiger partial charge >= 0.3 is 0 Å². The lowest BCUT2D eigenvalue weighted by Crippen LogP contribution is -2.38. The van der Waals surface area contributed by atoms with Crippen molar-refractivity contribution in [3.63, 3.8) is 0 Å². The van der Waals surface area contributed by atoms with Gasteiger partial charge in [-0.15, -0.1) is 11.8 Å². The van der Waals surface area contributed by atoms with Crippen LogP contribution in [0, 0.1) is 5.82 Å². The number of carbonyl (C=O) groups excluding carboxylic acids is 2. The molecule has 1 aliphatic rings. The molecule has 0 aliphatic carbocycles. The molecule has 7 heteroatoms. The normalized spacial score (nSPS) is 14.6. The third-order valence-electron chi connectivity index (χ3n) is 4.65. The molecule has 0 spiro atoms. The highest BCUT2D eigenvalue weighted by molar-refractivity contribution is 7.99. The maximum absolute atomic E-state index is 13.9. The summed E-state index contributed by atoms with van der Waals surface area (Å²) in [5.74, 6) is 0.380. The summed E-state index contributed by atoms with van der Waals surface area (Å²) in [5, 5.41) is 0.698. The van der Waals surface area contributed by atoms with Crippen molar-refractivity contribution in [3.05, 3.63) is 70.5 Å². The van der Waals surface area contributed by atoms with Gasteiger partial charge in [-0.3, -0.25) is 9.59 Å². The van der Waals surface area contributed by atoms with Crippen LogP contribution in [0.3, 0.4) is 0 Å². The second-order valence-corrected chi connectivity index (χ2v) is 8.05. The number of thioether (sulfide) groups is 1. The van der Waals surface area contributed by atoms with Gasteiger partial charge in [-0.2, -0.15) is 0 Å². The van der Waals surface area contributed by atoms with Crippen LogP contribution in [0.25, 0.3) is 0 Å². The molecule has 148 valence electrons. The van der Waals surface area contributed by atoms with E-state index in [0.29, 0.717) is 43.4 Å². The molecule has 2 aromatic carbocycles. The Labute approximate surface area is 173 Å². The predicted molar refractivity (Wildman–Crippen MR) is 111 cm³/mol. The second-order valence-electron chi connectivity index (χ2n) is 6.63. The van der Waals surface area contributed by atoms with Gasteiger partial charge in [0.25, 0.3) is 5.91 Å². The average Bonchev–Trinajstić information content (AvgIpc) is 2.96. The number of halogens is 2. The lowest BCUT2D eigenvalue weighted by atomic mass is 10.2. The zero-order valence-electron chi connectivity index (χ0n) is 15.4. The van der Waals surface area contributed by atoms with Crippen LogP contribution in [0.4, 0.5) is 4.39 Å². The summed E-state index contributed by atoms with van der Waals surface area (Å²) in [6, 6.07) is 13.6. The van der Waals surface area contributed by atoms with E-state index in [9.17, 15) is 14.0 Å². The first-order valence-corrected chi connectivity index (χ1v) is 10.7. The standard InChI is InChI=1S/C21H22ClFN2O2S/c22-17-8-6-16(7-9-17)14-28-15-20(26)24-10-3-11-25(13-12-24)21(27)18-4-1-2-5-19(18)23/h1-2,4-9H,3,10-15H2. The molecule has 1 fully saturated rings. The Morgan fingerprint density at radius 1 is 0.964 bits per heavy atom. The average molecular weight is 421 g/mol. The van der Waals surface area contributed by atoms with Gasteiger partial charge in [0.15, 0.2) is 0 Å². The largest absolute Gasteiger partial charge is 0.340 e. The second kappa shape index (κ2) is 9.94. The third kappa shape index (κ3) is 5.49. The van der Waals surface area contributed by atoms with Crippen LogP contribution >= 0.6 is 23.4 Å². The van der Waals surface area contributed by atoms with Crippen molar-refractivity contribution in [3.8, 4) is 0 Å². The molecule has 0 bridgehead atoms. The molecular formula is C21H22ClFN2O2S. The highest BCUT2D eigenvalue weighted by atomic mass is 35.5. The van der Waals surface area contributed by atoms with Crippen LogP contribution in [0.2, 0.25) is 5.02 Å². The molecule has 0 aromatic heterocycles. The highest BCUT2D eigenvalue weighted by Gasteiger charge is 2.24. The lowest BCUT2D eigenvalue weighted by Gasteiger charge is -2.22. The van der Waals surface area contributed by atoms with Crippen molar-refractivity contribution in [2.75, 3.05) is 31.9 Å². The molecule has 2 aromatic rings. The molecule has 0 saturated carbocycles. The Balaban J connectivity index is 1.49. The van der Waals surface area contributed by atoms with Crippen LogP contribution in [-0.2, 0) is 10.5 Å². The van der Waals surface area contributed by atoms with E-state index in [1.807, 2.05) is 24.3 Å². The van der Waals surface area contributed by atoms with Crippen molar-refractivity contribution in [2.45, 2.75) is 12.2 Å². The monoisotopic (exact) mass is 420 g/mol. The molecule has 1 saturated heterocycles. The summed E-state index contributed by atoms with van der Waals surface area (Å²) in [5.41, 5.74) is 1.21. The maximum atomic E-state index is 13.9. The molecule has 28 heavy (non-hydrogen) atoms. The van der Waals surface area contributed by atoms with Crippen molar-refractivity contribution in [1.82, 2.24) is 9.80 Å². The summed E-state index contributed by atoms with van der Waals surface area (Å²) in [7, 11) is 0. The summed E-state index contributed by atoms with van der Waals surface area (Å²) < 4.78 is 13.9. The number of carbonyl (C=O) groups is 2. The molecule has 1 aliphatic heterocycles. The summed E-state index contributed by atoms with van der Waals surface area (Å²) in [6.45, 7) is 2.03. The molecule has 2 amide bonds. The van der Waals surface area contributed by atoms with E-state index in [0.717, 1.165) is 11.3 Å². The van der Waals surface area contributed by atoms with Gasteiger partial charge in [-0.05, 0) is 36.2 Å². The van der Waals surface area contributed by atoms with Crippen LogP contribution in [0.1, 0.15) is 22.3 Å². The summed E-state index contributed by atoms with van der Waals surface area (Å²) in [6.07, 6.45) is 0.688. The predicted octanol–water partition coefficient (Wildman–Crippen LogP) is 4.09. The van der Waals surface area contributed by atoms with E-state index in [2.05, 4.69) is 0 Å². The number of amides is 2. The fourth-order valence-electron chi connectivity index (χ4n) is 3.10. The van der Waals surface area contributed by atoms with Crippen LogP contribution in [0.5, 0.6) is 0 Å². The molecule has 0 radical (unpaired) electrons. The molecule has 4 nitrogen and oxygen atoms in total. The van der Waals surface area contributed by atoms with E-state index in [4.69, 9.17) is 11.6 Å². The van der Waals surface area contributed by atoms with Gasteiger partial charge in [-0.25, -0.2) is 4.39 Å². The van der Waals surface area contributed by atoms with Crippen molar-refractivity contribution in [2.24, 2.45) is 0 Å². The Hall–Kier alpha value is -2.05. The van der Waals surface area contributed by atoms with Gasteiger partial charge in [0.1, 0.15) is 5.82 Å². The first-order valence-electron chi connectivity index (χ1n) is 9.18. The van der Waals surface area contributed by atoms with Crippen LogP contribution < -0.4 is 0 Å². The lowest BCUT2D eigenvalue weighted by molar-refractivity contribution is -0.128. The minimum atomic E-state index is -0.511. The number of nitrogens with zero attached hydrogens (tertiary/aromatic N) is 2. The van der Waals surface area contributed by atoms with E-state index in [1.54, 1.807) is 33.7 Å². The third-order valence-corrected chi connectivity index (χ3v) is 5.89. The minimum absolute atomic E-state index is 0.0687. The Morgan fingerprint density at radius 3 is 2.39 bits per heavy atom. The molecule has 1 heterocycles.